The van der Waals surface area contributed by atoms with E-state index in [4.69, 9.17) is 0 Å². The van der Waals surface area contributed by atoms with Crippen LogP contribution >= 0.6 is 11.3 Å². The van der Waals surface area contributed by atoms with Gasteiger partial charge in [0.15, 0.2) is 0 Å². The Morgan fingerprint density at radius 3 is 2.70 bits per heavy atom. The molecule has 138 valence electrons. The topological polar surface area (TPSA) is 57.7 Å². The Labute approximate surface area is 161 Å². The van der Waals surface area contributed by atoms with Gasteiger partial charge in [-0.2, -0.15) is 0 Å². The van der Waals surface area contributed by atoms with Gasteiger partial charge in [0.2, 0.25) is 5.91 Å². The second-order valence-electron chi connectivity index (χ2n) is 6.90. The van der Waals surface area contributed by atoms with Crippen molar-refractivity contribution in [3.8, 4) is 0 Å². The number of sulfonamides is 1. The number of hydrogen-bond donors (Lipinski definition) is 0. The number of carbonyl (C=O) groups is 1. The number of benzene rings is 2. The number of amides is 1. The molecular weight excluding hydrogens is 380 g/mol. The molecule has 7 heteroatoms. The summed E-state index contributed by atoms with van der Waals surface area (Å²) in [6, 6.07) is 14.9. The maximum absolute atomic E-state index is 13.1. The van der Waals surface area contributed by atoms with Gasteiger partial charge in [0.05, 0.1) is 16.6 Å². The van der Waals surface area contributed by atoms with Crippen LogP contribution in [0.2, 0.25) is 0 Å². The highest BCUT2D eigenvalue weighted by atomic mass is 32.2. The molecule has 3 heterocycles. The van der Waals surface area contributed by atoms with E-state index in [0.717, 1.165) is 23.1 Å². The summed E-state index contributed by atoms with van der Waals surface area (Å²) in [4.78, 5) is 16.4. The predicted octanol–water partition coefficient (Wildman–Crippen LogP) is 3.77. The van der Waals surface area contributed by atoms with Gasteiger partial charge >= 0.3 is 0 Å². The van der Waals surface area contributed by atoms with Gasteiger partial charge in [-0.1, -0.05) is 30.3 Å². The van der Waals surface area contributed by atoms with Gasteiger partial charge in [-0.25, -0.2) is 8.42 Å². The first-order valence-corrected chi connectivity index (χ1v) is 11.3. The molecule has 1 fully saturated rings. The van der Waals surface area contributed by atoms with Crippen molar-refractivity contribution in [1.82, 2.24) is 4.90 Å². The molecule has 0 aliphatic carbocycles. The van der Waals surface area contributed by atoms with Crippen molar-refractivity contribution in [3.63, 3.8) is 0 Å². The maximum Gasteiger partial charge on any atom is 0.265 e. The Morgan fingerprint density at radius 2 is 1.93 bits per heavy atom. The molecule has 0 saturated carbocycles. The third kappa shape index (κ3) is 2.49. The van der Waals surface area contributed by atoms with Crippen molar-refractivity contribution in [1.29, 1.82) is 0 Å². The summed E-state index contributed by atoms with van der Waals surface area (Å²) >= 11 is 1.64. The zero-order valence-corrected chi connectivity index (χ0v) is 16.2. The number of thiophene rings is 1. The lowest BCUT2D eigenvalue weighted by Gasteiger charge is -2.27. The van der Waals surface area contributed by atoms with E-state index < -0.39 is 10.0 Å². The van der Waals surface area contributed by atoms with Gasteiger partial charge in [-0.3, -0.25) is 9.10 Å². The molecule has 2 aliphatic rings. The first-order chi connectivity index (χ1) is 13.1. The number of nitrogens with zero attached hydrogens (tertiary/aromatic N) is 2. The summed E-state index contributed by atoms with van der Waals surface area (Å²) in [6.07, 6.45) is 1.87. The van der Waals surface area contributed by atoms with E-state index >= 15 is 0 Å². The van der Waals surface area contributed by atoms with Gasteiger partial charge in [0.1, 0.15) is 6.54 Å². The molecule has 27 heavy (non-hydrogen) atoms. The van der Waals surface area contributed by atoms with Crippen molar-refractivity contribution in [2.24, 2.45) is 0 Å². The molecule has 1 unspecified atom stereocenters. The van der Waals surface area contributed by atoms with Crippen LogP contribution in [0.3, 0.4) is 0 Å². The molecule has 1 atom stereocenters. The fraction of sp³-hybridized carbons (Fsp3) is 0.250. The van der Waals surface area contributed by atoms with Crippen LogP contribution in [-0.2, 0) is 14.8 Å². The maximum atomic E-state index is 13.1. The third-order valence-electron chi connectivity index (χ3n) is 5.40. The van der Waals surface area contributed by atoms with Crippen LogP contribution in [0.5, 0.6) is 0 Å². The van der Waals surface area contributed by atoms with Gasteiger partial charge in [-0.15, -0.1) is 11.3 Å². The Balaban J connectivity index is 1.49. The molecule has 2 aliphatic heterocycles. The zero-order chi connectivity index (χ0) is 18.6. The minimum atomic E-state index is -3.71. The number of hydrogen-bond acceptors (Lipinski definition) is 4. The summed E-state index contributed by atoms with van der Waals surface area (Å²) in [6.45, 7) is 0.518. The summed E-state index contributed by atoms with van der Waals surface area (Å²) in [5.74, 6) is -0.140. The molecule has 0 N–H and O–H groups in total. The first kappa shape index (κ1) is 16.8. The molecule has 5 rings (SSSR count). The quantitative estimate of drug-likeness (QED) is 0.675. The predicted molar refractivity (Wildman–Crippen MR) is 106 cm³/mol. The van der Waals surface area contributed by atoms with E-state index in [0.29, 0.717) is 22.5 Å². The van der Waals surface area contributed by atoms with Gasteiger partial charge in [0, 0.05) is 16.8 Å². The normalized spacial score (nSPS) is 20.5. The van der Waals surface area contributed by atoms with Crippen LogP contribution in [0, 0.1) is 0 Å². The zero-order valence-electron chi connectivity index (χ0n) is 14.5. The lowest BCUT2D eigenvalue weighted by Crippen LogP contribution is -2.41. The van der Waals surface area contributed by atoms with E-state index in [-0.39, 0.29) is 18.5 Å². The molecule has 5 nitrogen and oxygen atoms in total. The number of rotatable bonds is 3. The van der Waals surface area contributed by atoms with Crippen molar-refractivity contribution in [2.75, 3.05) is 17.4 Å². The third-order valence-corrected chi connectivity index (χ3v) is 8.18. The molecule has 1 saturated heterocycles. The fourth-order valence-corrected chi connectivity index (χ4v) is 6.72. The largest absolute Gasteiger partial charge is 0.333 e. The van der Waals surface area contributed by atoms with E-state index in [1.54, 1.807) is 29.5 Å². The lowest BCUT2D eigenvalue weighted by atomic mass is 10.1. The monoisotopic (exact) mass is 398 g/mol. The van der Waals surface area contributed by atoms with Crippen LogP contribution in [0.15, 0.2) is 58.8 Å². The standard InChI is InChI=1S/C20H18N2O3S2/c23-19(21-11-3-8-15(21)17-9-4-12-26-17)13-22-16-7-1-5-14-6-2-10-18(20(14)16)27(22,24)25/h1-2,4-7,9-10,12,15H,3,8,11,13H2. The molecule has 2 aromatic carbocycles. The number of likely N-dealkylation sites (tertiary alicyclic amines) is 1. The highest BCUT2D eigenvalue weighted by molar-refractivity contribution is 7.93. The molecule has 1 amide bonds. The number of carbonyl (C=O) groups excluding carboxylic acids is 1. The van der Waals surface area contributed by atoms with Crippen molar-refractivity contribution < 1.29 is 13.2 Å². The Bertz CT molecular complexity index is 1130. The second kappa shape index (κ2) is 6.07. The highest BCUT2D eigenvalue weighted by Crippen LogP contribution is 2.42. The van der Waals surface area contributed by atoms with Crippen LogP contribution in [0.4, 0.5) is 5.69 Å². The first-order valence-electron chi connectivity index (χ1n) is 8.95. The fourth-order valence-electron chi connectivity index (χ4n) is 4.18. The Morgan fingerprint density at radius 1 is 1.11 bits per heavy atom. The van der Waals surface area contributed by atoms with E-state index in [1.807, 2.05) is 40.6 Å². The lowest BCUT2D eigenvalue weighted by molar-refractivity contribution is -0.130. The van der Waals surface area contributed by atoms with Gasteiger partial charge < -0.3 is 4.90 Å². The smallest absolute Gasteiger partial charge is 0.265 e. The average molecular weight is 399 g/mol. The molecule has 3 aromatic rings. The van der Waals surface area contributed by atoms with Gasteiger partial charge in [0.25, 0.3) is 10.0 Å². The van der Waals surface area contributed by atoms with Crippen LogP contribution in [-0.4, -0.2) is 32.3 Å². The summed E-state index contributed by atoms with van der Waals surface area (Å²) < 4.78 is 27.4. The Hall–Kier alpha value is -2.38. The van der Waals surface area contributed by atoms with E-state index in [9.17, 15) is 13.2 Å². The van der Waals surface area contributed by atoms with E-state index in [2.05, 4.69) is 0 Å². The van der Waals surface area contributed by atoms with E-state index in [1.165, 1.54) is 4.31 Å². The highest BCUT2D eigenvalue weighted by Gasteiger charge is 2.39. The molecular formula is C20H18N2O3S2. The minimum absolute atomic E-state index is 0.0565. The molecule has 0 spiro atoms. The van der Waals surface area contributed by atoms with Crippen molar-refractivity contribution >= 4 is 43.7 Å². The molecule has 0 radical (unpaired) electrons. The summed E-state index contributed by atoms with van der Waals surface area (Å²) in [5, 5.41) is 3.60. The minimum Gasteiger partial charge on any atom is -0.333 e. The van der Waals surface area contributed by atoms with Crippen molar-refractivity contribution in [2.45, 2.75) is 23.8 Å². The number of anilines is 1. The molecule has 1 aromatic heterocycles. The average Bonchev–Trinajstić information content (AvgIpc) is 3.38. The SMILES string of the molecule is O=C(CN1c2cccc3cccc(c23)S1(=O)=O)N1CCCC1c1cccs1. The van der Waals surface area contributed by atoms with Crippen LogP contribution < -0.4 is 4.31 Å². The molecule has 0 bridgehead atoms. The Kier molecular flexibility index (Phi) is 3.77. The summed E-state index contributed by atoms with van der Waals surface area (Å²) in [5.41, 5.74) is 0.600. The summed E-state index contributed by atoms with van der Waals surface area (Å²) in [7, 11) is -3.71. The van der Waals surface area contributed by atoms with Crippen LogP contribution in [0.1, 0.15) is 23.8 Å². The second-order valence-corrected chi connectivity index (χ2v) is 9.71. The van der Waals surface area contributed by atoms with Crippen molar-refractivity contribution in [3.05, 3.63) is 58.8 Å². The van der Waals surface area contributed by atoms with Crippen LogP contribution in [0.25, 0.3) is 10.8 Å². The van der Waals surface area contributed by atoms with Gasteiger partial charge in [-0.05, 0) is 41.8 Å².